The van der Waals surface area contributed by atoms with Crippen molar-refractivity contribution in [1.29, 1.82) is 0 Å². The summed E-state index contributed by atoms with van der Waals surface area (Å²) in [7, 11) is 0. The average Bonchev–Trinajstić information content (AvgIpc) is 1.95. The molecule has 2 heteroatoms. The van der Waals surface area contributed by atoms with Crippen molar-refractivity contribution in [3.05, 3.63) is 12.7 Å². The van der Waals surface area contributed by atoms with Gasteiger partial charge in [0.25, 0.3) is 0 Å². The molecule has 1 fully saturated rings. The average molecular weight is 141 g/mol. The third kappa shape index (κ3) is 1.58. The van der Waals surface area contributed by atoms with Gasteiger partial charge in [-0.15, -0.1) is 6.58 Å². The molecule has 0 aromatic carbocycles. The highest BCUT2D eigenvalue weighted by Crippen LogP contribution is 2.23. The molecule has 1 rings (SSSR count). The third-order valence-corrected chi connectivity index (χ3v) is 2.24. The first-order valence-corrected chi connectivity index (χ1v) is 3.80. The number of aliphatic hydroxyl groups is 1. The van der Waals surface area contributed by atoms with Gasteiger partial charge in [-0.1, -0.05) is 6.08 Å². The van der Waals surface area contributed by atoms with Crippen molar-refractivity contribution < 1.29 is 5.11 Å². The fourth-order valence-electron chi connectivity index (χ4n) is 1.42. The normalized spacial score (nSPS) is 41.2. The van der Waals surface area contributed by atoms with Gasteiger partial charge in [-0.25, -0.2) is 0 Å². The summed E-state index contributed by atoms with van der Waals surface area (Å²) in [6.45, 7) is 3.69. The summed E-state index contributed by atoms with van der Waals surface area (Å²) < 4.78 is 0. The van der Waals surface area contributed by atoms with Gasteiger partial charge in [-0.2, -0.15) is 0 Å². The van der Waals surface area contributed by atoms with Crippen LogP contribution < -0.4 is 5.73 Å². The van der Waals surface area contributed by atoms with Gasteiger partial charge in [-0.05, 0) is 25.2 Å². The molecule has 1 aliphatic carbocycles. The molecule has 3 N–H and O–H groups in total. The van der Waals surface area contributed by atoms with Crippen molar-refractivity contribution >= 4 is 0 Å². The second-order valence-corrected chi connectivity index (χ2v) is 3.04. The Hall–Kier alpha value is -0.340. The Bertz CT molecular complexity index is 124. The summed E-state index contributed by atoms with van der Waals surface area (Å²) in [6, 6.07) is -0.00352. The predicted molar refractivity (Wildman–Crippen MR) is 41.5 cm³/mol. The quantitative estimate of drug-likeness (QED) is 0.527. The van der Waals surface area contributed by atoms with Gasteiger partial charge in [0.2, 0.25) is 0 Å². The molecule has 0 spiro atoms. The monoisotopic (exact) mass is 141 g/mol. The summed E-state index contributed by atoms with van der Waals surface area (Å²) in [5, 5.41) is 9.31. The van der Waals surface area contributed by atoms with Gasteiger partial charge < -0.3 is 10.8 Å². The van der Waals surface area contributed by atoms with Crippen LogP contribution in [0.2, 0.25) is 0 Å². The van der Waals surface area contributed by atoms with Crippen LogP contribution in [0.4, 0.5) is 0 Å². The Labute approximate surface area is 61.7 Å². The van der Waals surface area contributed by atoms with E-state index in [0.29, 0.717) is 5.92 Å². The van der Waals surface area contributed by atoms with Crippen LogP contribution >= 0.6 is 0 Å². The summed E-state index contributed by atoms with van der Waals surface area (Å²) in [5.74, 6) is 0.481. The highest BCUT2D eigenvalue weighted by atomic mass is 16.3. The molecule has 0 amide bonds. The van der Waals surface area contributed by atoms with Gasteiger partial charge in [0, 0.05) is 6.04 Å². The first-order chi connectivity index (χ1) is 4.74. The second kappa shape index (κ2) is 3.17. The van der Waals surface area contributed by atoms with Crippen LogP contribution in [-0.4, -0.2) is 17.3 Å². The summed E-state index contributed by atoms with van der Waals surface area (Å²) in [5.41, 5.74) is 5.61. The molecule has 58 valence electrons. The van der Waals surface area contributed by atoms with Crippen LogP contribution in [0.5, 0.6) is 0 Å². The fourth-order valence-corrected chi connectivity index (χ4v) is 1.42. The van der Waals surface area contributed by atoms with Crippen LogP contribution in [0.3, 0.4) is 0 Å². The smallest absolute Gasteiger partial charge is 0.0696 e. The van der Waals surface area contributed by atoms with Gasteiger partial charge >= 0.3 is 0 Å². The first kappa shape index (κ1) is 7.76. The summed E-state index contributed by atoms with van der Waals surface area (Å²) >= 11 is 0. The minimum absolute atomic E-state index is 0.00352. The van der Waals surface area contributed by atoms with Crippen LogP contribution in [0.1, 0.15) is 19.3 Å². The van der Waals surface area contributed by atoms with E-state index in [-0.39, 0.29) is 12.1 Å². The SMILES string of the molecule is C=C[C@@H]1CC[C@H](N)[C@H](O)C1. The van der Waals surface area contributed by atoms with E-state index in [1.807, 2.05) is 6.08 Å². The lowest BCUT2D eigenvalue weighted by atomic mass is 9.84. The number of nitrogens with two attached hydrogens (primary N) is 1. The Morgan fingerprint density at radius 2 is 2.20 bits per heavy atom. The predicted octanol–water partition coefficient (Wildman–Crippen LogP) is 0.661. The Morgan fingerprint density at radius 3 is 2.70 bits per heavy atom. The minimum atomic E-state index is -0.309. The maximum Gasteiger partial charge on any atom is 0.0696 e. The van der Waals surface area contributed by atoms with E-state index >= 15 is 0 Å². The maximum atomic E-state index is 9.31. The molecule has 0 heterocycles. The summed E-state index contributed by atoms with van der Waals surface area (Å²) in [4.78, 5) is 0. The van der Waals surface area contributed by atoms with Crippen molar-refractivity contribution in [2.75, 3.05) is 0 Å². The third-order valence-electron chi connectivity index (χ3n) is 2.24. The topological polar surface area (TPSA) is 46.2 Å². The highest BCUT2D eigenvalue weighted by Gasteiger charge is 2.24. The van der Waals surface area contributed by atoms with Crippen molar-refractivity contribution in [2.24, 2.45) is 11.7 Å². The lowest BCUT2D eigenvalue weighted by molar-refractivity contribution is 0.0921. The molecule has 0 radical (unpaired) electrons. The van der Waals surface area contributed by atoms with Crippen LogP contribution in [-0.2, 0) is 0 Å². The zero-order valence-corrected chi connectivity index (χ0v) is 6.16. The van der Waals surface area contributed by atoms with E-state index < -0.39 is 0 Å². The number of allylic oxidation sites excluding steroid dienone is 1. The molecule has 0 saturated heterocycles. The molecule has 1 aliphatic rings. The number of hydrogen-bond acceptors (Lipinski definition) is 2. The van der Waals surface area contributed by atoms with Gasteiger partial charge in [0.15, 0.2) is 0 Å². The molecule has 0 aliphatic heterocycles. The van der Waals surface area contributed by atoms with Crippen molar-refractivity contribution in [1.82, 2.24) is 0 Å². The van der Waals surface area contributed by atoms with E-state index in [9.17, 15) is 5.11 Å². The standard InChI is InChI=1S/C8H15NO/c1-2-6-3-4-7(9)8(10)5-6/h2,6-8,10H,1,3-5,9H2/t6-,7+,8-/m1/s1. The van der Waals surface area contributed by atoms with Crippen molar-refractivity contribution in [3.8, 4) is 0 Å². The van der Waals surface area contributed by atoms with Gasteiger partial charge in [-0.3, -0.25) is 0 Å². The molecule has 0 aromatic heterocycles. The first-order valence-electron chi connectivity index (χ1n) is 3.80. The molecule has 0 aromatic rings. The highest BCUT2D eigenvalue weighted by molar-refractivity contribution is 4.89. The summed E-state index contributed by atoms with van der Waals surface area (Å²) in [6.07, 6.45) is 4.41. The Kier molecular flexibility index (Phi) is 2.46. The Balaban J connectivity index is 2.40. The molecule has 1 saturated carbocycles. The zero-order chi connectivity index (χ0) is 7.56. The van der Waals surface area contributed by atoms with Crippen molar-refractivity contribution in [3.63, 3.8) is 0 Å². The van der Waals surface area contributed by atoms with E-state index in [2.05, 4.69) is 6.58 Å². The minimum Gasteiger partial charge on any atom is -0.391 e. The molecule has 10 heavy (non-hydrogen) atoms. The van der Waals surface area contributed by atoms with Crippen LogP contribution in [0, 0.1) is 5.92 Å². The molecule has 0 bridgehead atoms. The van der Waals surface area contributed by atoms with E-state index in [1.54, 1.807) is 0 Å². The largest absolute Gasteiger partial charge is 0.391 e. The Morgan fingerprint density at radius 1 is 1.50 bits per heavy atom. The molecular weight excluding hydrogens is 126 g/mol. The van der Waals surface area contributed by atoms with Gasteiger partial charge in [0.05, 0.1) is 6.10 Å². The van der Waals surface area contributed by atoms with E-state index in [4.69, 9.17) is 5.73 Å². The van der Waals surface area contributed by atoms with Crippen molar-refractivity contribution in [2.45, 2.75) is 31.4 Å². The number of hydrogen-bond donors (Lipinski definition) is 2. The van der Waals surface area contributed by atoms with Gasteiger partial charge in [0.1, 0.15) is 0 Å². The lowest BCUT2D eigenvalue weighted by Crippen LogP contribution is -2.39. The second-order valence-electron chi connectivity index (χ2n) is 3.04. The maximum absolute atomic E-state index is 9.31. The number of rotatable bonds is 1. The van der Waals surface area contributed by atoms with E-state index in [1.165, 1.54) is 0 Å². The molecule has 2 nitrogen and oxygen atoms in total. The molecule has 3 atom stereocenters. The lowest BCUT2D eigenvalue weighted by Gasteiger charge is -2.28. The number of aliphatic hydroxyl groups excluding tert-OH is 1. The molecular formula is C8H15NO. The molecule has 0 unspecified atom stereocenters. The van der Waals surface area contributed by atoms with Crippen LogP contribution in [0.15, 0.2) is 12.7 Å². The zero-order valence-electron chi connectivity index (χ0n) is 6.16. The fraction of sp³-hybridized carbons (Fsp3) is 0.750. The van der Waals surface area contributed by atoms with Crippen LogP contribution in [0.25, 0.3) is 0 Å². The van der Waals surface area contributed by atoms with E-state index in [0.717, 1.165) is 19.3 Å².